The minimum Gasteiger partial charge on any atom is -0.353 e. The molecule has 20 heavy (non-hydrogen) atoms. The molecule has 2 atom stereocenters. The highest BCUT2D eigenvalue weighted by Crippen LogP contribution is 2.10. The van der Waals surface area contributed by atoms with Crippen LogP contribution in [-0.2, 0) is 4.79 Å². The lowest BCUT2D eigenvalue weighted by Crippen LogP contribution is -2.54. The van der Waals surface area contributed by atoms with Crippen LogP contribution in [-0.4, -0.2) is 67.1 Å². The average molecular weight is 284 g/mol. The highest BCUT2D eigenvalue weighted by atomic mass is 16.2. The van der Waals surface area contributed by atoms with E-state index in [2.05, 4.69) is 29.0 Å². The van der Waals surface area contributed by atoms with Crippen molar-refractivity contribution in [3.63, 3.8) is 0 Å². The third-order valence-corrected chi connectivity index (χ3v) is 4.20. The molecule has 0 bridgehead atoms. The third kappa shape index (κ3) is 5.77. The van der Waals surface area contributed by atoms with Crippen LogP contribution in [0.2, 0.25) is 0 Å². The van der Waals surface area contributed by atoms with Crippen LogP contribution in [0.5, 0.6) is 0 Å². The van der Waals surface area contributed by atoms with Gasteiger partial charge >= 0.3 is 0 Å². The first kappa shape index (κ1) is 17.4. The summed E-state index contributed by atoms with van der Waals surface area (Å²) in [7, 11) is 0. The Labute approximate surface area is 123 Å². The van der Waals surface area contributed by atoms with Gasteiger partial charge < -0.3 is 11.1 Å². The molecule has 0 aromatic rings. The average Bonchev–Trinajstić information content (AvgIpc) is 2.45. The van der Waals surface area contributed by atoms with E-state index < -0.39 is 0 Å². The van der Waals surface area contributed by atoms with Crippen LogP contribution < -0.4 is 11.1 Å². The summed E-state index contributed by atoms with van der Waals surface area (Å²) in [4.78, 5) is 16.6. The summed E-state index contributed by atoms with van der Waals surface area (Å²) in [5.41, 5.74) is 5.86. The van der Waals surface area contributed by atoms with Gasteiger partial charge in [-0.1, -0.05) is 20.3 Å². The molecule has 5 nitrogen and oxygen atoms in total. The van der Waals surface area contributed by atoms with E-state index in [-0.39, 0.29) is 11.9 Å². The molecule has 1 rings (SSSR count). The van der Waals surface area contributed by atoms with Crippen LogP contribution in [0.25, 0.3) is 0 Å². The molecular weight excluding hydrogens is 252 g/mol. The maximum absolute atomic E-state index is 11.9. The first-order chi connectivity index (χ1) is 9.60. The van der Waals surface area contributed by atoms with Crippen molar-refractivity contribution >= 4 is 5.91 Å². The van der Waals surface area contributed by atoms with E-state index in [0.717, 1.165) is 39.1 Å². The number of nitrogens with one attached hydrogen (secondary N) is 1. The normalized spacial score (nSPS) is 20.6. The molecule has 1 aliphatic rings. The van der Waals surface area contributed by atoms with Gasteiger partial charge in [-0.15, -0.1) is 0 Å². The summed E-state index contributed by atoms with van der Waals surface area (Å²) in [6.45, 7) is 11.6. The summed E-state index contributed by atoms with van der Waals surface area (Å²) >= 11 is 0. The van der Waals surface area contributed by atoms with Gasteiger partial charge in [0.2, 0.25) is 5.91 Å². The number of rotatable bonds is 8. The number of carbonyl (C=O) groups is 1. The second-order valence-corrected chi connectivity index (χ2v) is 5.87. The summed E-state index contributed by atoms with van der Waals surface area (Å²) < 4.78 is 0. The van der Waals surface area contributed by atoms with Gasteiger partial charge in [0.05, 0.1) is 6.54 Å². The van der Waals surface area contributed by atoms with Crippen LogP contribution in [0, 0.1) is 0 Å². The molecule has 0 aliphatic carbocycles. The quantitative estimate of drug-likeness (QED) is 0.687. The molecular formula is C15H32N4O. The molecule has 1 amide bonds. The van der Waals surface area contributed by atoms with Crippen molar-refractivity contribution < 1.29 is 4.79 Å². The molecule has 2 unspecified atom stereocenters. The zero-order valence-electron chi connectivity index (χ0n) is 13.4. The van der Waals surface area contributed by atoms with Gasteiger partial charge in [-0.3, -0.25) is 14.6 Å². The van der Waals surface area contributed by atoms with Crippen LogP contribution in [0.15, 0.2) is 0 Å². The van der Waals surface area contributed by atoms with E-state index in [0.29, 0.717) is 12.6 Å². The van der Waals surface area contributed by atoms with Crippen molar-refractivity contribution in [2.45, 2.75) is 52.1 Å². The van der Waals surface area contributed by atoms with Gasteiger partial charge in [-0.25, -0.2) is 0 Å². The van der Waals surface area contributed by atoms with Gasteiger partial charge in [0, 0.05) is 44.8 Å². The highest BCUT2D eigenvalue weighted by molar-refractivity contribution is 5.78. The summed E-state index contributed by atoms with van der Waals surface area (Å²) in [5, 5.41) is 3.03. The van der Waals surface area contributed by atoms with Gasteiger partial charge in [0.1, 0.15) is 0 Å². The molecule has 0 spiro atoms. The Hall–Kier alpha value is -0.650. The maximum atomic E-state index is 11.9. The van der Waals surface area contributed by atoms with Gasteiger partial charge in [0.15, 0.2) is 0 Å². The van der Waals surface area contributed by atoms with Crippen molar-refractivity contribution in [2.24, 2.45) is 5.73 Å². The first-order valence-electron chi connectivity index (χ1n) is 8.06. The Morgan fingerprint density at radius 3 is 2.40 bits per heavy atom. The summed E-state index contributed by atoms with van der Waals surface area (Å²) in [6.07, 6.45) is 3.33. The van der Waals surface area contributed by atoms with Crippen molar-refractivity contribution in [3.05, 3.63) is 0 Å². The lowest BCUT2D eigenvalue weighted by atomic mass is 10.1. The fourth-order valence-corrected chi connectivity index (χ4v) is 2.69. The summed E-state index contributed by atoms with van der Waals surface area (Å²) in [6, 6.07) is 0.783. The molecule has 3 N–H and O–H groups in total. The molecule has 118 valence electrons. The van der Waals surface area contributed by atoms with Crippen LogP contribution in [0.4, 0.5) is 0 Å². The molecule has 0 aromatic carbocycles. The number of amides is 1. The third-order valence-electron chi connectivity index (χ3n) is 4.20. The van der Waals surface area contributed by atoms with Gasteiger partial charge in [-0.2, -0.15) is 0 Å². The second-order valence-electron chi connectivity index (χ2n) is 5.87. The predicted molar refractivity (Wildman–Crippen MR) is 83.7 cm³/mol. The van der Waals surface area contributed by atoms with E-state index in [1.165, 1.54) is 12.8 Å². The number of nitrogens with zero attached hydrogens (tertiary/aromatic N) is 2. The summed E-state index contributed by atoms with van der Waals surface area (Å²) in [5.74, 6) is 0.150. The fraction of sp³-hybridized carbons (Fsp3) is 0.933. The zero-order chi connectivity index (χ0) is 15.0. The molecule has 5 heteroatoms. The molecule has 1 saturated heterocycles. The highest BCUT2D eigenvalue weighted by Gasteiger charge is 2.23. The number of hydrogen-bond donors (Lipinski definition) is 2. The van der Waals surface area contributed by atoms with Crippen LogP contribution >= 0.6 is 0 Å². The van der Waals surface area contributed by atoms with E-state index in [9.17, 15) is 4.79 Å². The SMILES string of the molecule is CCCC(CN)N1CCN(CC(=O)NC(C)CC)CC1. The molecule has 1 heterocycles. The van der Waals surface area contributed by atoms with Gasteiger partial charge in [-0.05, 0) is 19.8 Å². The van der Waals surface area contributed by atoms with E-state index in [4.69, 9.17) is 5.73 Å². The Morgan fingerprint density at radius 2 is 1.90 bits per heavy atom. The monoisotopic (exact) mass is 284 g/mol. The molecule has 0 radical (unpaired) electrons. The van der Waals surface area contributed by atoms with E-state index >= 15 is 0 Å². The fourth-order valence-electron chi connectivity index (χ4n) is 2.69. The standard InChI is InChI=1S/C15H32N4O/c1-4-6-14(11-16)19-9-7-18(8-10-19)12-15(20)17-13(3)5-2/h13-14H,4-12,16H2,1-3H3,(H,17,20). The van der Waals surface area contributed by atoms with E-state index in [1.807, 2.05) is 6.92 Å². The number of carbonyl (C=O) groups excluding carboxylic acids is 1. The smallest absolute Gasteiger partial charge is 0.234 e. The van der Waals surface area contributed by atoms with Crippen molar-refractivity contribution in [3.8, 4) is 0 Å². The molecule has 0 saturated carbocycles. The minimum absolute atomic E-state index is 0.150. The lowest BCUT2D eigenvalue weighted by Gasteiger charge is -2.38. The Morgan fingerprint density at radius 1 is 1.25 bits per heavy atom. The van der Waals surface area contributed by atoms with Crippen molar-refractivity contribution in [2.75, 3.05) is 39.3 Å². The Balaban J connectivity index is 2.29. The van der Waals surface area contributed by atoms with Crippen molar-refractivity contribution in [1.82, 2.24) is 15.1 Å². The molecule has 1 aliphatic heterocycles. The van der Waals surface area contributed by atoms with Crippen LogP contribution in [0.1, 0.15) is 40.0 Å². The number of hydrogen-bond acceptors (Lipinski definition) is 4. The lowest BCUT2D eigenvalue weighted by molar-refractivity contribution is -0.123. The second kappa shape index (κ2) is 9.32. The number of piperazine rings is 1. The molecule has 0 aromatic heterocycles. The first-order valence-corrected chi connectivity index (χ1v) is 8.06. The van der Waals surface area contributed by atoms with E-state index in [1.54, 1.807) is 0 Å². The zero-order valence-corrected chi connectivity index (χ0v) is 13.4. The number of nitrogens with two attached hydrogens (primary N) is 1. The maximum Gasteiger partial charge on any atom is 0.234 e. The Kier molecular flexibility index (Phi) is 8.11. The predicted octanol–water partition coefficient (Wildman–Crippen LogP) is 0.646. The minimum atomic E-state index is 0.150. The van der Waals surface area contributed by atoms with Gasteiger partial charge in [0.25, 0.3) is 0 Å². The van der Waals surface area contributed by atoms with Crippen molar-refractivity contribution in [1.29, 1.82) is 0 Å². The largest absolute Gasteiger partial charge is 0.353 e. The Bertz CT molecular complexity index is 277. The molecule has 1 fully saturated rings. The van der Waals surface area contributed by atoms with Crippen LogP contribution in [0.3, 0.4) is 0 Å². The topological polar surface area (TPSA) is 61.6 Å².